The number of hydrogen-bond acceptors (Lipinski definition) is 1. The molecule has 0 fully saturated rings. The molecule has 1 rings (SSSR count). The summed E-state index contributed by atoms with van der Waals surface area (Å²) in [6.07, 6.45) is 0. The second-order valence-electron chi connectivity index (χ2n) is 2.79. The number of hydrogen-bond donors (Lipinski definition) is 1. The Labute approximate surface area is 86.1 Å². The van der Waals surface area contributed by atoms with Crippen LogP contribution in [0, 0.1) is 13.8 Å². The monoisotopic (exact) mass is 218 g/mol. The van der Waals surface area contributed by atoms with E-state index in [1.807, 2.05) is 0 Å². The van der Waals surface area contributed by atoms with E-state index < -0.39 is 5.97 Å². The van der Waals surface area contributed by atoms with Gasteiger partial charge in [0.25, 0.3) is 0 Å². The van der Waals surface area contributed by atoms with Crippen LogP contribution < -0.4 is 0 Å². The second kappa shape index (κ2) is 3.56. The van der Waals surface area contributed by atoms with Gasteiger partial charge in [0.05, 0.1) is 10.6 Å². The maximum Gasteiger partial charge on any atom is 0.337 e. The normalized spacial score (nSPS) is 10.2. The molecule has 0 amide bonds. The molecule has 0 aliphatic carbocycles. The minimum absolute atomic E-state index is 0.0895. The van der Waals surface area contributed by atoms with Crippen LogP contribution >= 0.6 is 23.2 Å². The first-order valence-corrected chi connectivity index (χ1v) is 4.39. The highest BCUT2D eigenvalue weighted by molar-refractivity contribution is 6.36. The third-order valence-electron chi connectivity index (χ3n) is 1.86. The van der Waals surface area contributed by atoms with Crippen molar-refractivity contribution in [2.45, 2.75) is 13.8 Å². The van der Waals surface area contributed by atoms with E-state index in [-0.39, 0.29) is 10.6 Å². The zero-order valence-electron chi connectivity index (χ0n) is 7.19. The Kier molecular flexibility index (Phi) is 2.84. The lowest BCUT2D eigenvalue weighted by Gasteiger charge is -2.08. The second-order valence-corrected chi connectivity index (χ2v) is 3.58. The lowest BCUT2D eigenvalue weighted by molar-refractivity contribution is 0.0696. The number of carboxylic acid groups (broad SMARTS) is 1. The Morgan fingerprint density at radius 2 is 1.92 bits per heavy atom. The van der Waals surface area contributed by atoms with Crippen molar-refractivity contribution in [2.24, 2.45) is 0 Å². The van der Waals surface area contributed by atoms with Gasteiger partial charge >= 0.3 is 5.97 Å². The number of aromatic carboxylic acids is 1. The summed E-state index contributed by atoms with van der Waals surface area (Å²) in [5, 5.41) is 9.54. The van der Waals surface area contributed by atoms with Crippen molar-refractivity contribution < 1.29 is 9.90 Å². The molecule has 0 saturated heterocycles. The quantitative estimate of drug-likeness (QED) is 0.786. The lowest BCUT2D eigenvalue weighted by Crippen LogP contribution is -2.02. The standard InChI is InChI=1S/C9H8Cl2O2/c1-4-3-6(10)5(2)7(8(4)11)9(12)13/h3H,1-2H3,(H,12,13). The van der Waals surface area contributed by atoms with Crippen LogP contribution in [0.5, 0.6) is 0 Å². The zero-order chi connectivity index (χ0) is 10.2. The van der Waals surface area contributed by atoms with Crippen molar-refractivity contribution in [3.8, 4) is 0 Å². The van der Waals surface area contributed by atoms with Crippen molar-refractivity contribution in [2.75, 3.05) is 0 Å². The summed E-state index contributed by atoms with van der Waals surface area (Å²) in [4.78, 5) is 10.8. The van der Waals surface area contributed by atoms with Gasteiger partial charge in [0, 0.05) is 5.02 Å². The van der Waals surface area contributed by atoms with Gasteiger partial charge < -0.3 is 5.11 Å². The Morgan fingerprint density at radius 3 is 2.38 bits per heavy atom. The summed E-state index contributed by atoms with van der Waals surface area (Å²) >= 11 is 11.6. The van der Waals surface area contributed by atoms with Crippen molar-refractivity contribution in [3.05, 3.63) is 32.8 Å². The molecule has 1 aromatic rings. The van der Waals surface area contributed by atoms with Crippen LogP contribution in [0.25, 0.3) is 0 Å². The fourth-order valence-electron chi connectivity index (χ4n) is 1.10. The van der Waals surface area contributed by atoms with Crippen LogP contribution in [0.2, 0.25) is 10.0 Å². The molecular weight excluding hydrogens is 211 g/mol. The molecular formula is C9H8Cl2O2. The molecule has 0 unspecified atom stereocenters. The number of aryl methyl sites for hydroxylation is 1. The highest BCUT2D eigenvalue weighted by atomic mass is 35.5. The van der Waals surface area contributed by atoms with E-state index in [9.17, 15) is 4.79 Å². The molecule has 1 N–H and O–H groups in total. The summed E-state index contributed by atoms with van der Waals surface area (Å²) in [7, 11) is 0. The van der Waals surface area contributed by atoms with Gasteiger partial charge in [0.1, 0.15) is 0 Å². The molecule has 13 heavy (non-hydrogen) atoms. The van der Waals surface area contributed by atoms with Crippen LogP contribution in [-0.2, 0) is 0 Å². The smallest absolute Gasteiger partial charge is 0.337 e. The maximum absolute atomic E-state index is 10.8. The van der Waals surface area contributed by atoms with Crippen LogP contribution in [0.15, 0.2) is 6.07 Å². The summed E-state index contributed by atoms with van der Waals surface area (Å²) in [5.74, 6) is -1.05. The number of carboxylic acids is 1. The summed E-state index contributed by atoms with van der Waals surface area (Å²) in [5.41, 5.74) is 1.27. The van der Waals surface area contributed by atoms with Gasteiger partial charge in [-0.05, 0) is 31.0 Å². The van der Waals surface area contributed by atoms with E-state index in [0.29, 0.717) is 16.1 Å². The van der Waals surface area contributed by atoms with Gasteiger partial charge in [-0.25, -0.2) is 4.79 Å². The molecule has 0 saturated carbocycles. The van der Waals surface area contributed by atoms with Crippen molar-refractivity contribution >= 4 is 29.2 Å². The lowest BCUT2D eigenvalue weighted by atomic mass is 10.1. The predicted molar refractivity (Wildman–Crippen MR) is 52.9 cm³/mol. The summed E-state index contributed by atoms with van der Waals surface area (Å²) in [6, 6.07) is 1.66. The average molecular weight is 219 g/mol. The first kappa shape index (κ1) is 10.4. The average Bonchev–Trinajstić information content (AvgIpc) is 2.01. The van der Waals surface area contributed by atoms with Crippen molar-refractivity contribution in [1.82, 2.24) is 0 Å². The number of rotatable bonds is 1. The van der Waals surface area contributed by atoms with E-state index in [0.717, 1.165) is 0 Å². The van der Waals surface area contributed by atoms with Gasteiger partial charge in [0.2, 0.25) is 0 Å². The number of carbonyl (C=O) groups is 1. The van der Waals surface area contributed by atoms with Crippen LogP contribution in [0.3, 0.4) is 0 Å². The molecule has 0 aromatic heterocycles. The van der Waals surface area contributed by atoms with Crippen LogP contribution in [-0.4, -0.2) is 11.1 Å². The minimum Gasteiger partial charge on any atom is -0.478 e. The number of halogens is 2. The molecule has 1 aromatic carbocycles. The third kappa shape index (κ3) is 1.79. The Balaban J connectivity index is 3.56. The Morgan fingerprint density at radius 1 is 1.38 bits per heavy atom. The van der Waals surface area contributed by atoms with E-state index in [4.69, 9.17) is 28.3 Å². The van der Waals surface area contributed by atoms with Gasteiger partial charge in [-0.2, -0.15) is 0 Å². The van der Waals surface area contributed by atoms with Gasteiger partial charge in [-0.3, -0.25) is 0 Å². The molecule has 0 bridgehead atoms. The SMILES string of the molecule is Cc1cc(Cl)c(C)c(C(=O)O)c1Cl. The topological polar surface area (TPSA) is 37.3 Å². The third-order valence-corrected chi connectivity index (χ3v) is 2.74. The largest absolute Gasteiger partial charge is 0.478 e. The van der Waals surface area contributed by atoms with E-state index >= 15 is 0 Å². The van der Waals surface area contributed by atoms with Gasteiger partial charge in [-0.1, -0.05) is 23.2 Å². The number of benzene rings is 1. The molecule has 0 aliphatic rings. The zero-order valence-corrected chi connectivity index (χ0v) is 8.70. The Bertz CT molecular complexity index is 346. The molecule has 0 aliphatic heterocycles. The van der Waals surface area contributed by atoms with Crippen molar-refractivity contribution in [1.29, 1.82) is 0 Å². The molecule has 0 atom stereocenters. The molecule has 0 spiro atoms. The molecule has 4 heteroatoms. The first-order chi connectivity index (χ1) is 5.95. The fourth-order valence-corrected chi connectivity index (χ4v) is 1.63. The molecule has 0 heterocycles. The highest BCUT2D eigenvalue weighted by Crippen LogP contribution is 2.29. The van der Waals surface area contributed by atoms with Crippen LogP contribution in [0.1, 0.15) is 21.5 Å². The summed E-state index contributed by atoms with van der Waals surface area (Å²) in [6.45, 7) is 3.36. The predicted octanol–water partition coefficient (Wildman–Crippen LogP) is 3.31. The minimum atomic E-state index is -1.05. The fraction of sp³-hybridized carbons (Fsp3) is 0.222. The molecule has 2 nitrogen and oxygen atoms in total. The van der Waals surface area contributed by atoms with E-state index in [2.05, 4.69) is 0 Å². The van der Waals surface area contributed by atoms with Gasteiger partial charge in [0.15, 0.2) is 0 Å². The van der Waals surface area contributed by atoms with Crippen LogP contribution in [0.4, 0.5) is 0 Å². The first-order valence-electron chi connectivity index (χ1n) is 3.63. The maximum atomic E-state index is 10.8. The molecule has 70 valence electrons. The Hall–Kier alpha value is -0.730. The van der Waals surface area contributed by atoms with E-state index in [1.54, 1.807) is 19.9 Å². The van der Waals surface area contributed by atoms with Gasteiger partial charge in [-0.15, -0.1) is 0 Å². The highest BCUT2D eigenvalue weighted by Gasteiger charge is 2.16. The van der Waals surface area contributed by atoms with Crippen molar-refractivity contribution in [3.63, 3.8) is 0 Å². The van der Waals surface area contributed by atoms with E-state index in [1.165, 1.54) is 0 Å². The summed E-state index contributed by atoms with van der Waals surface area (Å²) < 4.78 is 0. The molecule has 0 radical (unpaired) electrons.